The highest BCUT2D eigenvalue weighted by molar-refractivity contribution is 7.26. The van der Waals surface area contributed by atoms with Gasteiger partial charge in [-0.05, 0) is 35.2 Å². The maximum Gasteiger partial charge on any atom is 0.233 e. The third-order valence-electron chi connectivity index (χ3n) is 4.44. The average Bonchev–Trinajstić information content (AvgIpc) is 2.96. The van der Waals surface area contributed by atoms with Crippen LogP contribution in [0.25, 0.3) is 37.0 Å². The number of ketones is 2. The van der Waals surface area contributed by atoms with Gasteiger partial charge < -0.3 is 0 Å². The van der Waals surface area contributed by atoms with Crippen molar-refractivity contribution in [1.82, 2.24) is 0 Å². The largest absolute Gasteiger partial charge is 0.286 e. The van der Waals surface area contributed by atoms with Crippen molar-refractivity contribution in [2.24, 2.45) is 0 Å². The molecule has 4 aromatic rings. The molecule has 1 aliphatic rings. The van der Waals surface area contributed by atoms with Gasteiger partial charge in [-0.15, -0.1) is 11.3 Å². The molecular formula is C20H10O2S. The normalized spacial score (nSPS) is 14.1. The van der Waals surface area contributed by atoms with E-state index in [1.165, 1.54) is 26.2 Å². The molecule has 0 bridgehead atoms. The van der Waals surface area contributed by atoms with E-state index in [0.29, 0.717) is 5.56 Å². The van der Waals surface area contributed by atoms with Gasteiger partial charge in [0.2, 0.25) is 11.6 Å². The Balaban J connectivity index is 2.04. The summed E-state index contributed by atoms with van der Waals surface area (Å²) < 4.78 is 2.40. The third-order valence-corrected chi connectivity index (χ3v) is 5.64. The van der Waals surface area contributed by atoms with Crippen LogP contribution in [0.2, 0.25) is 0 Å². The molecule has 1 aromatic heterocycles. The van der Waals surface area contributed by atoms with Crippen molar-refractivity contribution in [1.29, 1.82) is 0 Å². The van der Waals surface area contributed by atoms with E-state index in [9.17, 15) is 9.59 Å². The Morgan fingerprint density at radius 3 is 2.52 bits per heavy atom. The lowest BCUT2D eigenvalue weighted by molar-refractivity contribution is -0.110. The van der Waals surface area contributed by atoms with E-state index >= 15 is 0 Å². The summed E-state index contributed by atoms with van der Waals surface area (Å²) in [6.45, 7) is 0. The van der Waals surface area contributed by atoms with Gasteiger partial charge in [-0.2, -0.15) is 0 Å². The second-order valence-electron chi connectivity index (χ2n) is 5.69. The van der Waals surface area contributed by atoms with E-state index in [4.69, 9.17) is 0 Å². The minimum absolute atomic E-state index is 0.414. The van der Waals surface area contributed by atoms with Crippen LogP contribution in [0.4, 0.5) is 0 Å². The first-order chi connectivity index (χ1) is 11.2. The van der Waals surface area contributed by atoms with Crippen LogP contribution in [0.5, 0.6) is 0 Å². The quantitative estimate of drug-likeness (QED) is 0.429. The number of rotatable bonds is 0. The van der Waals surface area contributed by atoms with Gasteiger partial charge >= 0.3 is 0 Å². The van der Waals surface area contributed by atoms with Crippen LogP contribution in [0.3, 0.4) is 0 Å². The maximum atomic E-state index is 12.2. The summed E-state index contributed by atoms with van der Waals surface area (Å²) in [6, 6.07) is 16.3. The van der Waals surface area contributed by atoms with Gasteiger partial charge in [0.1, 0.15) is 0 Å². The molecular weight excluding hydrogens is 304 g/mol. The van der Waals surface area contributed by atoms with Crippen LogP contribution in [0, 0.1) is 0 Å². The Hall–Kier alpha value is -2.78. The molecule has 108 valence electrons. The molecule has 0 aliphatic heterocycles. The Kier molecular flexibility index (Phi) is 2.42. The highest BCUT2D eigenvalue weighted by atomic mass is 32.1. The first kappa shape index (κ1) is 12.7. The Morgan fingerprint density at radius 2 is 1.61 bits per heavy atom. The fourth-order valence-electron chi connectivity index (χ4n) is 3.36. The molecule has 0 radical (unpaired) electrons. The van der Waals surface area contributed by atoms with Gasteiger partial charge in [-0.25, -0.2) is 0 Å². The van der Waals surface area contributed by atoms with Gasteiger partial charge in [-0.1, -0.05) is 36.4 Å². The minimum atomic E-state index is -0.444. The van der Waals surface area contributed by atoms with Gasteiger partial charge in [0.15, 0.2) is 0 Å². The molecule has 0 spiro atoms. The van der Waals surface area contributed by atoms with Crippen molar-refractivity contribution in [2.75, 3.05) is 0 Å². The number of carbonyl (C=O) groups excluding carboxylic acids is 2. The molecule has 5 rings (SSSR count). The van der Waals surface area contributed by atoms with E-state index in [0.717, 1.165) is 16.3 Å². The summed E-state index contributed by atoms with van der Waals surface area (Å²) in [5.41, 5.74) is 1.37. The molecule has 2 nitrogen and oxygen atoms in total. The second kappa shape index (κ2) is 4.37. The molecule has 0 saturated carbocycles. The van der Waals surface area contributed by atoms with E-state index in [-0.39, 0.29) is 0 Å². The van der Waals surface area contributed by atoms with Crippen LogP contribution in [0.1, 0.15) is 15.9 Å². The summed E-state index contributed by atoms with van der Waals surface area (Å²) in [4.78, 5) is 23.8. The first-order valence-corrected chi connectivity index (χ1v) is 8.19. The van der Waals surface area contributed by atoms with Crippen molar-refractivity contribution in [3.8, 4) is 0 Å². The molecule has 0 N–H and O–H groups in total. The molecule has 1 heterocycles. The van der Waals surface area contributed by atoms with Crippen LogP contribution < -0.4 is 0 Å². The van der Waals surface area contributed by atoms with Crippen LogP contribution in [-0.2, 0) is 4.79 Å². The maximum absolute atomic E-state index is 12.2. The third kappa shape index (κ3) is 1.63. The van der Waals surface area contributed by atoms with E-state index < -0.39 is 11.6 Å². The smallest absolute Gasteiger partial charge is 0.233 e. The minimum Gasteiger partial charge on any atom is -0.286 e. The fraction of sp³-hybridized carbons (Fsp3) is 0. The summed E-state index contributed by atoms with van der Waals surface area (Å²) in [5.74, 6) is -0.858. The summed E-state index contributed by atoms with van der Waals surface area (Å²) in [5, 5.41) is 4.59. The highest BCUT2D eigenvalue weighted by Gasteiger charge is 2.23. The van der Waals surface area contributed by atoms with Gasteiger partial charge in [0.25, 0.3) is 0 Å². The number of thiophene rings is 1. The van der Waals surface area contributed by atoms with Crippen molar-refractivity contribution < 1.29 is 9.59 Å². The van der Waals surface area contributed by atoms with Crippen molar-refractivity contribution in [3.05, 3.63) is 65.7 Å². The molecule has 0 unspecified atom stereocenters. The number of Topliss-reactive ketones (excluding diaryl/α,β-unsaturated/α-hetero) is 1. The van der Waals surface area contributed by atoms with Gasteiger partial charge in [0, 0.05) is 31.1 Å². The first-order valence-electron chi connectivity index (χ1n) is 7.38. The number of allylic oxidation sites excluding steroid dienone is 1. The molecule has 0 saturated heterocycles. The zero-order valence-electron chi connectivity index (χ0n) is 12.0. The van der Waals surface area contributed by atoms with E-state index in [1.807, 2.05) is 18.2 Å². The molecule has 3 aromatic carbocycles. The van der Waals surface area contributed by atoms with Crippen LogP contribution >= 0.6 is 11.3 Å². The van der Waals surface area contributed by atoms with Gasteiger partial charge in [-0.3, -0.25) is 9.59 Å². The molecule has 23 heavy (non-hydrogen) atoms. The topological polar surface area (TPSA) is 34.1 Å². The van der Waals surface area contributed by atoms with E-state index in [2.05, 4.69) is 24.3 Å². The Morgan fingerprint density at radius 1 is 0.783 bits per heavy atom. The van der Waals surface area contributed by atoms with Crippen LogP contribution in [0.15, 0.2) is 54.6 Å². The van der Waals surface area contributed by atoms with Crippen LogP contribution in [-0.4, -0.2) is 11.6 Å². The summed E-state index contributed by atoms with van der Waals surface area (Å²) >= 11 is 1.74. The van der Waals surface area contributed by atoms with E-state index in [1.54, 1.807) is 23.5 Å². The Bertz CT molecular complexity index is 1190. The van der Waals surface area contributed by atoms with Gasteiger partial charge in [0.05, 0.1) is 0 Å². The van der Waals surface area contributed by atoms with Crippen molar-refractivity contribution >= 4 is 59.9 Å². The predicted octanol–water partition coefficient (Wildman–Crippen LogP) is 4.99. The lowest BCUT2D eigenvalue weighted by Gasteiger charge is -2.12. The SMILES string of the molecule is O=C1C=Cc2c(ccc3ccc4c5ccccc5sc4c23)C1=O. The monoisotopic (exact) mass is 314 g/mol. The molecule has 0 amide bonds. The standard InChI is InChI=1S/C20H10O2S/c21-16-10-9-13-14(19(16)22)7-5-11-6-8-15-12-3-1-2-4-17(12)23-20(15)18(11)13/h1-10H. The van der Waals surface area contributed by atoms with Crippen molar-refractivity contribution in [2.45, 2.75) is 0 Å². The zero-order valence-corrected chi connectivity index (χ0v) is 12.8. The predicted molar refractivity (Wildman–Crippen MR) is 95.2 cm³/mol. The van der Waals surface area contributed by atoms with Crippen molar-refractivity contribution in [3.63, 3.8) is 0 Å². The summed E-state index contributed by atoms with van der Waals surface area (Å²) in [7, 11) is 0. The molecule has 0 fully saturated rings. The fourth-order valence-corrected chi connectivity index (χ4v) is 4.63. The second-order valence-corrected chi connectivity index (χ2v) is 6.74. The Labute approximate surface area is 135 Å². The number of hydrogen-bond donors (Lipinski definition) is 0. The average molecular weight is 314 g/mol. The summed E-state index contributed by atoms with van der Waals surface area (Å²) in [6.07, 6.45) is 3.17. The molecule has 3 heteroatoms. The number of carbonyl (C=O) groups is 2. The lowest BCUT2D eigenvalue weighted by atomic mass is 9.90. The molecule has 0 atom stereocenters. The molecule has 1 aliphatic carbocycles. The number of benzene rings is 3. The highest BCUT2D eigenvalue weighted by Crippen LogP contribution is 2.41. The number of hydrogen-bond acceptors (Lipinski definition) is 3. The lowest BCUT2D eigenvalue weighted by Crippen LogP contribution is -2.16. The number of fused-ring (bicyclic) bond motifs is 7. The zero-order chi connectivity index (χ0) is 15.6.